The Kier molecular flexibility index (Phi) is 6.74. The molecule has 0 aliphatic heterocycles. The molecule has 150 valence electrons. The van der Waals surface area contributed by atoms with Gasteiger partial charge in [0, 0.05) is 17.2 Å². The lowest BCUT2D eigenvalue weighted by atomic mass is 10.1. The van der Waals surface area contributed by atoms with Crippen molar-refractivity contribution in [3.63, 3.8) is 0 Å². The van der Waals surface area contributed by atoms with Crippen molar-refractivity contribution >= 4 is 5.91 Å². The summed E-state index contributed by atoms with van der Waals surface area (Å²) >= 11 is 0. The number of amides is 1. The van der Waals surface area contributed by atoms with Gasteiger partial charge in [-0.05, 0) is 42.8 Å². The van der Waals surface area contributed by atoms with E-state index in [4.69, 9.17) is 14.2 Å². The molecule has 0 spiro atoms. The van der Waals surface area contributed by atoms with E-state index in [1.165, 1.54) is 0 Å². The zero-order valence-corrected chi connectivity index (χ0v) is 16.8. The topological polar surface area (TPSA) is 56.8 Å². The smallest absolute Gasteiger partial charge is 0.251 e. The number of rotatable bonds is 8. The lowest BCUT2D eigenvalue weighted by Gasteiger charge is -2.16. The van der Waals surface area contributed by atoms with Gasteiger partial charge in [-0.15, -0.1) is 0 Å². The first kappa shape index (κ1) is 20.3. The van der Waals surface area contributed by atoms with Gasteiger partial charge in [-0.1, -0.05) is 36.4 Å². The van der Waals surface area contributed by atoms with E-state index in [0.29, 0.717) is 17.1 Å². The van der Waals surface area contributed by atoms with Crippen LogP contribution in [0, 0.1) is 0 Å². The summed E-state index contributed by atoms with van der Waals surface area (Å²) in [6, 6.07) is 22.5. The van der Waals surface area contributed by atoms with E-state index in [0.717, 1.165) is 16.9 Å². The second kappa shape index (κ2) is 9.64. The predicted molar refractivity (Wildman–Crippen MR) is 113 cm³/mol. The molecule has 0 aromatic heterocycles. The minimum Gasteiger partial charge on any atom is -0.497 e. The largest absolute Gasteiger partial charge is 0.497 e. The van der Waals surface area contributed by atoms with E-state index in [2.05, 4.69) is 5.32 Å². The summed E-state index contributed by atoms with van der Waals surface area (Å²) in [4.78, 5) is 12.7. The second-order valence-corrected chi connectivity index (χ2v) is 6.60. The molecule has 0 saturated carbocycles. The van der Waals surface area contributed by atoms with E-state index in [1.54, 1.807) is 32.4 Å². The van der Waals surface area contributed by atoms with Crippen molar-refractivity contribution in [1.29, 1.82) is 0 Å². The number of carbonyl (C=O) groups excluding carboxylic acids is 1. The maximum atomic E-state index is 12.7. The maximum Gasteiger partial charge on any atom is 0.251 e. The van der Waals surface area contributed by atoms with Gasteiger partial charge in [0.25, 0.3) is 5.91 Å². The highest BCUT2D eigenvalue weighted by atomic mass is 16.5. The Bertz CT molecular complexity index is 956. The van der Waals surface area contributed by atoms with E-state index in [9.17, 15) is 4.79 Å². The SMILES string of the molecule is COc1cccc(OCc2cc(C(=O)NC(C)c3ccccc3)ccc2OC)c1. The maximum absolute atomic E-state index is 12.7. The molecule has 0 fully saturated rings. The van der Waals surface area contributed by atoms with Gasteiger partial charge in [0.2, 0.25) is 0 Å². The zero-order valence-electron chi connectivity index (χ0n) is 16.8. The van der Waals surface area contributed by atoms with Crippen LogP contribution in [-0.2, 0) is 6.61 Å². The number of benzene rings is 3. The van der Waals surface area contributed by atoms with Crippen molar-refractivity contribution in [2.75, 3.05) is 14.2 Å². The summed E-state index contributed by atoms with van der Waals surface area (Å²) in [5.74, 6) is 1.92. The van der Waals surface area contributed by atoms with Crippen LogP contribution in [0.4, 0.5) is 0 Å². The fourth-order valence-corrected chi connectivity index (χ4v) is 2.99. The van der Waals surface area contributed by atoms with Gasteiger partial charge in [-0.25, -0.2) is 0 Å². The number of methoxy groups -OCH3 is 2. The van der Waals surface area contributed by atoms with Crippen LogP contribution in [0.1, 0.15) is 34.5 Å². The van der Waals surface area contributed by atoms with E-state index < -0.39 is 0 Å². The Morgan fingerprint density at radius 2 is 1.66 bits per heavy atom. The molecule has 3 aromatic rings. The molecule has 0 radical (unpaired) electrons. The Balaban J connectivity index is 1.73. The monoisotopic (exact) mass is 391 g/mol. The fraction of sp³-hybridized carbons (Fsp3) is 0.208. The highest BCUT2D eigenvalue weighted by molar-refractivity contribution is 5.94. The van der Waals surface area contributed by atoms with Gasteiger partial charge in [0.1, 0.15) is 23.9 Å². The van der Waals surface area contributed by atoms with Crippen LogP contribution in [0.15, 0.2) is 72.8 Å². The summed E-state index contributed by atoms with van der Waals surface area (Å²) < 4.78 is 16.5. The van der Waals surface area contributed by atoms with E-state index in [1.807, 2.05) is 61.5 Å². The minimum atomic E-state index is -0.147. The van der Waals surface area contributed by atoms with Crippen molar-refractivity contribution in [1.82, 2.24) is 5.32 Å². The molecule has 29 heavy (non-hydrogen) atoms. The first-order valence-corrected chi connectivity index (χ1v) is 9.40. The second-order valence-electron chi connectivity index (χ2n) is 6.60. The molecule has 5 nitrogen and oxygen atoms in total. The molecule has 1 unspecified atom stereocenters. The standard InChI is InChI=1S/C24H25NO4/c1-17(18-8-5-4-6-9-18)25-24(26)19-12-13-23(28-3)20(14-19)16-29-22-11-7-10-21(15-22)27-2/h4-15,17H,16H2,1-3H3,(H,25,26). The Morgan fingerprint density at radius 1 is 0.897 bits per heavy atom. The third-order valence-corrected chi connectivity index (χ3v) is 4.63. The zero-order chi connectivity index (χ0) is 20.6. The molecule has 0 saturated heterocycles. The van der Waals surface area contributed by atoms with Gasteiger partial charge < -0.3 is 19.5 Å². The van der Waals surface area contributed by atoms with Crippen LogP contribution in [0.2, 0.25) is 0 Å². The van der Waals surface area contributed by atoms with Gasteiger partial charge >= 0.3 is 0 Å². The molecule has 1 atom stereocenters. The van der Waals surface area contributed by atoms with E-state index >= 15 is 0 Å². The van der Waals surface area contributed by atoms with Crippen molar-refractivity contribution in [2.24, 2.45) is 0 Å². The van der Waals surface area contributed by atoms with Gasteiger partial charge in [-0.2, -0.15) is 0 Å². The minimum absolute atomic E-state index is 0.0951. The number of carbonyl (C=O) groups is 1. The van der Waals surface area contributed by atoms with Crippen molar-refractivity contribution < 1.29 is 19.0 Å². The molecular formula is C24H25NO4. The van der Waals surface area contributed by atoms with Crippen LogP contribution in [0.3, 0.4) is 0 Å². The highest BCUT2D eigenvalue weighted by Crippen LogP contribution is 2.24. The summed E-state index contributed by atoms with van der Waals surface area (Å²) in [5.41, 5.74) is 2.39. The molecule has 1 amide bonds. The quantitative estimate of drug-likeness (QED) is 0.601. The Labute approximate surface area is 171 Å². The normalized spacial score (nSPS) is 11.4. The van der Waals surface area contributed by atoms with Gasteiger partial charge in [0.15, 0.2) is 0 Å². The molecular weight excluding hydrogens is 366 g/mol. The fourth-order valence-electron chi connectivity index (χ4n) is 2.99. The van der Waals surface area contributed by atoms with E-state index in [-0.39, 0.29) is 18.6 Å². The molecule has 5 heteroatoms. The Hall–Kier alpha value is -3.47. The lowest BCUT2D eigenvalue weighted by molar-refractivity contribution is 0.0939. The summed E-state index contributed by atoms with van der Waals surface area (Å²) in [6.45, 7) is 2.23. The molecule has 3 rings (SSSR count). The molecule has 0 aliphatic rings. The average molecular weight is 391 g/mol. The van der Waals surface area contributed by atoms with Crippen LogP contribution < -0.4 is 19.5 Å². The summed E-state index contributed by atoms with van der Waals surface area (Å²) in [7, 11) is 3.21. The molecule has 0 bridgehead atoms. The first-order chi connectivity index (χ1) is 14.1. The van der Waals surface area contributed by atoms with Crippen LogP contribution in [0.25, 0.3) is 0 Å². The van der Waals surface area contributed by atoms with Crippen molar-refractivity contribution in [3.8, 4) is 17.2 Å². The highest BCUT2D eigenvalue weighted by Gasteiger charge is 2.14. The van der Waals surface area contributed by atoms with Crippen LogP contribution in [-0.4, -0.2) is 20.1 Å². The number of hydrogen-bond acceptors (Lipinski definition) is 4. The van der Waals surface area contributed by atoms with Crippen LogP contribution in [0.5, 0.6) is 17.2 Å². The van der Waals surface area contributed by atoms with Crippen molar-refractivity contribution in [2.45, 2.75) is 19.6 Å². The van der Waals surface area contributed by atoms with Crippen molar-refractivity contribution in [3.05, 3.63) is 89.5 Å². The third-order valence-electron chi connectivity index (χ3n) is 4.63. The average Bonchev–Trinajstić information content (AvgIpc) is 2.78. The molecule has 0 aliphatic carbocycles. The molecule has 1 N–H and O–H groups in total. The molecule has 0 heterocycles. The first-order valence-electron chi connectivity index (χ1n) is 9.40. The number of nitrogens with one attached hydrogen (secondary N) is 1. The summed E-state index contributed by atoms with van der Waals surface area (Å²) in [6.07, 6.45) is 0. The number of hydrogen-bond donors (Lipinski definition) is 1. The van der Waals surface area contributed by atoms with Crippen LogP contribution >= 0.6 is 0 Å². The summed E-state index contributed by atoms with van der Waals surface area (Å²) in [5, 5.41) is 3.03. The number of ether oxygens (including phenoxy) is 3. The Morgan fingerprint density at radius 3 is 2.38 bits per heavy atom. The third kappa shape index (κ3) is 5.29. The predicted octanol–water partition coefficient (Wildman–Crippen LogP) is 4.77. The lowest BCUT2D eigenvalue weighted by Crippen LogP contribution is -2.26. The van der Waals surface area contributed by atoms with Gasteiger partial charge in [0.05, 0.1) is 20.3 Å². The van der Waals surface area contributed by atoms with Gasteiger partial charge in [-0.3, -0.25) is 4.79 Å². The molecule has 3 aromatic carbocycles.